The number of halogens is 1. The first-order chi connectivity index (χ1) is 12.1. The number of nitrogens with one attached hydrogen (secondary N) is 1. The molecule has 0 amide bonds. The summed E-state index contributed by atoms with van der Waals surface area (Å²) in [7, 11) is 0. The van der Waals surface area contributed by atoms with E-state index in [1.165, 1.54) is 6.42 Å². The molecule has 2 aromatic heterocycles. The minimum Gasteiger partial charge on any atom is -0.356 e. The fourth-order valence-electron chi connectivity index (χ4n) is 3.20. The molecule has 1 aliphatic rings. The standard InChI is InChI=1S/C18H20BrN5O/c1-11-6-7-15-13(9-21-24(15)16-5-3-4-8-25-16)17(11)23-18-14(19)10-20-12(2)22-18/h6-7,9-10,16H,3-5,8H2,1-2H3,(H,20,22,23). The Morgan fingerprint density at radius 2 is 2.12 bits per heavy atom. The van der Waals surface area contributed by atoms with Crippen LogP contribution in [0.1, 0.15) is 36.9 Å². The Morgan fingerprint density at radius 1 is 1.24 bits per heavy atom. The van der Waals surface area contributed by atoms with Crippen LogP contribution in [-0.4, -0.2) is 26.4 Å². The van der Waals surface area contributed by atoms with Crippen LogP contribution in [0.4, 0.5) is 11.5 Å². The first-order valence-electron chi connectivity index (χ1n) is 8.48. The van der Waals surface area contributed by atoms with E-state index in [-0.39, 0.29) is 6.23 Å². The lowest BCUT2D eigenvalue weighted by molar-refractivity contribution is -0.0366. The Balaban J connectivity index is 1.77. The molecule has 1 saturated heterocycles. The molecule has 1 N–H and O–H groups in total. The van der Waals surface area contributed by atoms with Crippen molar-refractivity contribution in [2.24, 2.45) is 0 Å². The molecule has 3 heterocycles. The third-order valence-electron chi connectivity index (χ3n) is 4.53. The fraction of sp³-hybridized carbons (Fsp3) is 0.389. The highest BCUT2D eigenvalue weighted by Gasteiger charge is 2.20. The van der Waals surface area contributed by atoms with E-state index in [9.17, 15) is 0 Å². The smallest absolute Gasteiger partial charge is 0.150 e. The molecule has 3 aromatic rings. The van der Waals surface area contributed by atoms with Gasteiger partial charge in [0.25, 0.3) is 0 Å². The zero-order valence-corrected chi connectivity index (χ0v) is 15.9. The van der Waals surface area contributed by atoms with Gasteiger partial charge in [-0.3, -0.25) is 0 Å². The van der Waals surface area contributed by atoms with Crippen LogP contribution in [0.5, 0.6) is 0 Å². The second kappa shape index (κ2) is 6.72. The summed E-state index contributed by atoms with van der Waals surface area (Å²) in [4.78, 5) is 8.69. The monoisotopic (exact) mass is 401 g/mol. The average molecular weight is 402 g/mol. The Morgan fingerprint density at radius 3 is 2.92 bits per heavy atom. The highest BCUT2D eigenvalue weighted by Crippen LogP contribution is 2.34. The topological polar surface area (TPSA) is 64.9 Å². The van der Waals surface area contributed by atoms with Crippen molar-refractivity contribution < 1.29 is 4.74 Å². The van der Waals surface area contributed by atoms with Gasteiger partial charge in [0, 0.05) is 18.2 Å². The SMILES string of the molecule is Cc1ncc(Br)c(Nc2c(C)ccc3c2cnn3C2CCCCO2)n1. The molecule has 0 bridgehead atoms. The van der Waals surface area contributed by atoms with Crippen LogP contribution in [0.15, 0.2) is 29.0 Å². The molecule has 0 radical (unpaired) electrons. The third kappa shape index (κ3) is 3.14. The predicted molar refractivity (Wildman–Crippen MR) is 101 cm³/mol. The molecule has 1 unspecified atom stereocenters. The summed E-state index contributed by atoms with van der Waals surface area (Å²) in [6, 6.07) is 4.22. The zero-order chi connectivity index (χ0) is 17.4. The minimum absolute atomic E-state index is 0.0230. The molecule has 0 spiro atoms. The minimum atomic E-state index is 0.0230. The van der Waals surface area contributed by atoms with Gasteiger partial charge in [0.05, 0.1) is 21.9 Å². The number of nitrogens with zero attached hydrogens (tertiary/aromatic N) is 4. The second-order valence-electron chi connectivity index (χ2n) is 6.34. The number of rotatable bonds is 3. The van der Waals surface area contributed by atoms with Crippen molar-refractivity contribution in [2.75, 3.05) is 11.9 Å². The van der Waals surface area contributed by atoms with Crippen LogP contribution >= 0.6 is 15.9 Å². The van der Waals surface area contributed by atoms with E-state index in [0.29, 0.717) is 0 Å². The third-order valence-corrected chi connectivity index (χ3v) is 5.11. The van der Waals surface area contributed by atoms with Crippen LogP contribution in [0.2, 0.25) is 0 Å². The van der Waals surface area contributed by atoms with Gasteiger partial charge in [-0.2, -0.15) is 5.10 Å². The van der Waals surface area contributed by atoms with Crippen molar-refractivity contribution in [3.8, 4) is 0 Å². The number of ether oxygens (including phenoxy) is 1. The van der Waals surface area contributed by atoms with Crippen molar-refractivity contribution in [3.05, 3.63) is 40.4 Å². The summed E-state index contributed by atoms with van der Waals surface area (Å²) < 4.78 is 8.74. The Labute approximate surface area is 154 Å². The lowest BCUT2D eigenvalue weighted by atomic mass is 10.1. The average Bonchev–Trinajstić information content (AvgIpc) is 3.05. The number of anilines is 2. The van der Waals surface area contributed by atoms with Crippen molar-refractivity contribution in [1.29, 1.82) is 0 Å². The van der Waals surface area contributed by atoms with Crippen molar-refractivity contribution in [2.45, 2.75) is 39.3 Å². The molecular formula is C18H20BrN5O. The van der Waals surface area contributed by atoms with Crippen molar-refractivity contribution in [3.63, 3.8) is 0 Å². The number of fused-ring (bicyclic) bond motifs is 1. The Hall–Kier alpha value is -1.99. The lowest BCUT2D eigenvalue weighted by Gasteiger charge is -2.23. The van der Waals surface area contributed by atoms with E-state index in [1.807, 2.05) is 17.8 Å². The van der Waals surface area contributed by atoms with E-state index >= 15 is 0 Å². The van der Waals surface area contributed by atoms with Gasteiger partial charge in [0.1, 0.15) is 11.6 Å². The van der Waals surface area contributed by atoms with Crippen molar-refractivity contribution in [1.82, 2.24) is 19.7 Å². The van der Waals surface area contributed by atoms with E-state index in [0.717, 1.165) is 57.7 Å². The maximum absolute atomic E-state index is 5.91. The number of hydrogen-bond donors (Lipinski definition) is 1. The summed E-state index contributed by atoms with van der Waals surface area (Å²) in [5.74, 6) is 1.48. The molecule has 0 saturated carbocycles. The summed E-state index contributed by atoms with van der Waals surface area (Å²) in [6.07, 6.45) is 7.00. The largest absolute Gasteiger partial charge is 0.356 e. The maximum Gasteiger partial charge on any atom is 0.150 e. The summed E-state index contributed by atoms with van der Waals surface area (Å²) in [5.41, 5.74) is 3.22. The van der Waals surface area contributed by atoms with Crippen LogP contribution in [0.25, 0.3) is 10.9 Å². The van der Waals surface area contributed by atoms with Crippen LogP contribution in [0.3, 0.4) is 0 Å². The van der Waals surface area contributed by atoms with Crippen LogP contribution < -0.4 is 5.32 Å². The Bertz CT molecular complexity index is 917. The molecule has 0 aliphatic carbocycles. The molecule has 7 heteroatoms. The van der Waals surface area contributed by atoms with Gasteiger partial charge in [-0.1, -0.05) is 6.07 Å². The molecule has 1 fully saturated rings. The number of aromatic nitrogens is 4. The van der Waals surface area contributed by atoms with Crippen molar-refractivity contribution >= 4 is 38.3 Å². The molecule has 25 heavy (non-hydrogen) atoms. The Kier molecular flexibility index (Phi) is 4.43. The van der Waals surface area contributed by atoms with Gasteiger partial charge in [0.2, 0.25) is 0 Å². The number of aryl methyl sites for hydroxylation is 2. The summed E-state index contributed by atoms with van der Waals surface area (Å²) in [6.45, 7) is 4.76. The number of benzene rings is 1. The van der Waals surface area contributed by atoms with Crippen LogP contribution in [0, 0.1) is 13.8 Å². The molecule has 1 atom stereocenters. The highest BCUT2D eigenvalue weighted by atomic mass is 79.9. The lowest BCUT2D eigenvalue weighted by Crippen LogP contribution is -2.18. The van der Waals surface area contributed by atoms with Gasteiger partial charge in [0.15, 0.2) is 6.23 Å². The van der Waals surface area contributed by atoms with Crippen LogP contribution in [-0.2, 0) is 4.74 Å². The zero-order valence-electron chi connectivity index (χ0n) is 14.3. The van der Waals surface area contributed by atoms with E-state index in [1.54, 1.807) is 6.20 Å². The number of hydrogen-bond acceptors (Lipinski definition) is 5. The van der Waals surface area contributed by atoms with Gasteiger partial charge in [-0.15, -0.1) is 0 Å². The van der Waals surface area contributed by atoms with E-state index in [4.69, 9.17) is 4.74 Å². The van der Waals surface area contributed by atoms with Gasteiger partial charge < -0.3 is 10.1 Å². The first-order valence-corrected chi connectivity index (χ1v) is 9.27. The van der Waals surface area contributed by atoms with E-state index < -0.39 is 0 Å². The summed E-state index contributed by atoms with van der Waals surface area (Å²) >= 11 is 3.52. The molecule has 1 aliphatic heterocycles. The molecular weight excluding hydrogens is 382 g/mol. The quantitative estimate of drug-likeness (QED) is 0.691. The highest BCUT2D eigenvalue weighted by molar-refractivity contribution is 9.10. The molecule has 4 rings (SSSR count). The normalized spacial score (nSPS) is 17.8. The molecule has 130 valence electrons. The summed E-state index contributed by atoms with van der Waals surface area (Å²) in [5, 5.41) is 9.12. The molecule has 6 nitrogen and oxygen atoms in total. The van der Waals surface area contributed by atoms with Gasteiger partial charge in [-0.25, -0.2) is 14.6 Å². The fourth-order valence-corrected chi connectivity index (χ4v) is 3.49. The van der Waals surface area contributed by atoms with Gasteiger partial charge in [-0.05, 0) is 60.7 Å². The molecule has 1 aromatic carbocycles. The maximum atomic E-state index is 5.91. The predicted octanol–water partition coefficient (Wildman–Crippen LogP) is 4.65. The first kappa shape index (κ1) is 16.5. The van der Waals surface area contributed by atoms with Gasteiger partial charge >= 0.3 is 0 Å². The second-order valence-corrected chi connectivity index (χ2v) is 7.19. The van der Waals surface area contributed by atoms with E-state index in [2.05, 4.69) is 55.4 Å².